The van der Waals surface area contributed by atoms with E-state index < -0.39 is 10.9 Å². The van der Waals surface area contributed by atoms with Gasteiger partial charge in [0.05, 0.1) is 36.9 Å². The summed E-state index contributed by atoms with van der Waals surface area (Å²) in [6, 6.07) is 19.4. The Morgan fingerprint density at radius 2 is 1.63 bits per heavy atom. The van der Waals surface area contributed by atoms with Gasteiger partial charge in [-0.3, -0.25) is 4.79 Å². The number of aromatic nitrogens is 2. The fourth-order valence-corrected chi connectivity index (χ4v) is 4.83. The first-order chi connectivity index (χ1) is 18.4. The molecule has 1 amide bonds. The quantitative estimate of drug-likeness (QED) is 0.277. The fraction of sp³-hybridized carbons (Fsp3) is 0.192. The Morgan fingerprint density at radius 1 is 0.974 bits per heavy atom. The summed E-state index contributed by atoms with van der Waals surface area (Å²) in [5, 5.41) is 3.19. The number of methoxy groups -OCH3 is 2. The van der Waals surface area contributed by atoms with Crippen LogP contribution in [0.4, 0.5) is 28.7 Å². The highest BCUT2D eigenvalue weighted by molar-refractivity contribution is 7.74. The van der Waals surface area contributed by atoms with E-state index >= 15 is 0 Å². The van der Waals surface area contributed by atoms with Crippen LogP contribution < -0.4 is 29.7 Å². The molecular weight excluding hydrogens is 508 g/mol. The molecule has 3 N–H and O–H groups in total. The monoisotopic (exact) mass is 534 g/mol. The zero-order chi connectivity index (χ0) is 26.8. The SMILES string of the molecule is COc1cc(Nc2nc3ccccc3nc2N(c2cccc(N3CC(C(N)=O)C3)c2)[SH](=O)=O)cc(OC)c1. The summed E-state index contributed by atoms with van der Waals surface area (Å²) in [5.41, 5.74) is 8.22. The summed E-state index contributed by atoms with van der Waals surface area (Å²) in [6.45, 7) is 0.950. The predicted octanol–water partition coefficient (Wildman–Crippen LogP) is 2.98. The van der Waals surface area contributed by atoms with Crippen LogP contribution in [0.1, 0.15) is 0 Å². The molecular formula is C26H26N6O5S. The largest absolute Gasteiger partial charge is 0.497 e. The van der Waals surface area contributed by atoms with Crippen molar-refractivity contribution in [2.24, 2.45) is 11.7 Å². The summed E-state index contributed by atoms with van der Waals surface area (Å²) in [7, 11) is -0.0854. The van der Waals surface area contributed by atoms with Gasteiger partial charge in [0, 0.05) is 42.7 Å². The summed E-state index contributed by atoms with van der Waals surface area (Å²) in [5.74, 6) is 0.834. The number of rotatable bonds is 9. The lowest BCUT2D eigenvalue weighted by molar-refractivity contribution is -0.122. The molecule has 3 aromatic carbocycles. The Bertz CT molecular complexity index is 1560. The number of amides is 1. The predicted molar refractivity (Wildman–Crippen MR) is 146 cm³/mol. The van der Waals surface area contributed by atoms with Crippen molar-refractivity contribution in [3.8, 4) is 11.5 Å². The average molecular weight is 535 g/mol. The van der Waals surface area contributed by atoms with Crippen LogP contribution in [0.5, 0.6) is 11.5 Å². The maximum Gasteiger partial charge on any atom is 0.230 e. The number of ether oxygens (including phenoxy) is 2. The molecule has 1 aliphatic heterocycles. The van der Waals surface area contributed by atoms with E-state index in [1.54, 1.807) is 62.8 Å². The van der Waals surface area contributed by atoms with E-state index in [1.807, 2.05) is 23.1 Å². The molecule has 0 radical (unpaired) electrons. The summed E-state index contributed by atoms with van der Waals surface area (Å²) in [6.07, 6.45) is 0. The Morgan fingerprint density at radius 3 is 2.24 bits per heavy atom. The molecule has 5 rings (SSSR count). The van der Waals surface area contributed by atoms with Crippen molar-refractivity contribution < 1.29 is 22.7 Å². The Balaban J connectivity index is 1.59. The van der Waals surface area contributed by atoms with Crippen molar-refractivity contribution in [3.63, 3.8) is 0 Å². The molecule has 0 unspecified atom stereocenters. The first kappa shape index (κ1) is 25.1. The summed E-state index contributed by atoms with van der Waals surface area (Å²) in [4.78, 5) is 22.8. The number of nitrogens with zero attached hydrogens (tertiary/aromatic N) is 4. The van der Waals surface area contributed by atoms with Gasteiger partial charge in [-0.25, -0.2) is 22.7 Å². The van der Waals surface area contributed by atoms with E-state index in [4.69, 9.17) is 20.2 Å². The zero-order valence-electron chi connectivity index (χ0n) is 20.7. The second kappa shape index (κ2) is 10.4. The van der Waals surface area contributed by atoms with Gasteiger partial charge in [-0.05, 0) is 30.3 Å². The van der Waals surface area contributed by atoms with Gasteiger partial charge in [0.25, 0.3) is 0 Å². The van der Waals surface area contributed by atoms with Gasteiger partial charge in [-0.15, -0.1) is 0 Å². The van der Waals surface area contributed by atoms with Gasteiger partial charge in [-0.1, -0.05) is 18.2 Å². The number of thiol groups is 1. The Labute approximate surface area is 220 Å². The number of para-hydroxylation sites is 2. The van der Waals surface area contributed by atoms with Crippen molar-refractivity contribution in [2.45, 2.75) is 0 Å². The number of fused-ring (bicyclic) bond motifs is 1. The first-order valence-electron chi connectivity index (χ1n) is 11.7. The average Bonchev–Trinajstić information content (AvgIpc) is 2.87. The standard InChI is InChI=1S/C26H26N6O5S/c1-36-20-10-17(11-21(13-20)37-2)28-25-26(30-23-9-4-3-8-22(23)29-25)32(38(34)35)19-7-5-6-18(12-19)31-14-16(15-31)24(27)33/h3-13,16,38H,14-15H2,1-2H3,(H2,27,33)(H,28,29). The number of hydrogen-bond acceptors (Lipinski definition) is 9. The highest BCUT2D eigenvalue weighted by Crippen LogP contribution is 2.37. The van der Waals surface area contributed by atoms with Crippen LogP contribution in [0, 0.1) is 5.92 Å². The van der Waals surface area contributed by atoms with E-state index in [0.717, 1.165) is 9.99 Å². The number of benzene rings is 3. The lowest BCUT2D eigenvalue weighted by Gasteiger charge is -2.39. The van der Waals surface area contributed by atoms with Gasteiger partial charge < -0.3 is 25.4 Å². The minimum Gasteiger partial charge on any atom is -0.497 e. The van der Waals surface area contributed by atoms with Crippen molar-refractivity contribution in [3.05, 3.63) is 66.7 Å². The van der Waals surface area contributed by atoms with Gasteiger partial charge in [0.2, 0.25) is 16.8 Å². The van der Waals surface area contributed by atoms with Crippen LogP contribution in [0.15, 0.2) is 66.7 Å². The smallest absolute Gasteiger partial charge is 0.230 e. The molecule has 12 heteroatoms. The maximum atomic E-state index is 12.7. The molecule has 1 saturated heterocycles. The number of nitrogens with one attached hydrogen (secondary N) is 1. The molecule has 38 heavy (non-hydrogen) atoms. The van der Waals surface area contributed by atoms with Gasteiger partial charge in [-0.2, -0.15) is 0 Å². The van der Waals surface area contributed by atoms with E-state index in [2.05, 4.69) is 10.3 Å². The molecule has 1 fully saturated rings. The van der Waals surface area contributed by atoms with Gasteiger partial charge >= 0.3 is 0 Å². The minimum absolute atomic E-state index is 0.0948. The van der Waals surface area contributed by atoms with Crippen molar-refractivity contribution >= 4 is 56.5 Å². The van der Waals surface area contributed by atoms with Gasteiger partial charge in [0.1, 0.15) is 11.5 Å². The number of nitrogens with two attached hydrogens (primary N) is 1. The molecule has 11 nitrogen and oxygen atoms in total. The van der Waals surface area contributed by atoms with Crippen LogP contribution in [-0.4, -0.2) is 51.6 Å². The first-order valence-corrected chi connectivity index (χ1v) is 12.8. The van der Waals surface area contributed by atoms with E-state index in [1.165, 1.54) is 0 Å². The molecule has 0 atom stereocenters. The van der Waals surface area contributed by atoms with E-state index in [9.17, 15) is 13.2 Å². The Hall–Kier alpha value is -4.58. The second-order valence-corrected chi connectivity index (χ2v) is 9.56. The molecule has 0 saturated carbocycles. The van der Waals surface area contributed by atoms with E-state index in [0.29, 0.717) is 47.0 Å². The highest BCUT2D eigenvalue weighted by Gasteiger charge is 2.31. The van der Waals surface area contributed by atoms with Crippen LogP contribution in [0.3, 0.4) is 0 Å². The fourth-order valence-electron chi connectivity index (χ4n) is 4.22. The summed E-state index contributed by atoms with van der Waals surface area (Å²) < 4.78 is 37.3. The third kappa shape index (κ3) is 4.98. The highest BCUT2D eigenvalue weighted by atomic mass is 32.2. The minimum atomic E-state index is -3.17. The number of hydrogen-bond donors (Lipinski definition) is 3. The molecule has 0 aliphatic carbocycles. The third-order valence-corrected chi connectivity index (χ3v) is 7.00. The number of primary amides is 1. The van der Waals surface area contributed by atoms with Crippen LogP contribution in [0.25, 0.3) is 11.0 Å². The van der Waals surface area contributed by atoms with E-state index in [-0.39, 0.29) is 23.5 Å². The molecule has 0 spiro atoms. The third-order valence-electron chi connectivity index (χ3n) is 6.25. The maximum absolute atomic E-state index is 12.7. The van der Waals surface area contributed by atoms with Crippen LogP contribution in [0.2, 0.25) is 0 Å². The summed E-state index contributed by atoms with van der Waals surface area (Å²) >= 11 is 0. The lowest BCUT2D eigenvalue weighted by Crippen LogP contribution is -2.52. The Kier molecular flexibility index (Phi) is 6.88. The van der Waals surface area contributed by atoms with Crippen molar-refractivity contribution in [2.75, 3.05) is 41.8 Å². The van der Waals surface area contributed by atoms with Crippen molar-refractivity contribution in [1.82, 2.24) is 9.97 Å². The zero-order valence-corrected chi connectivity index (χ0v) is 21.6. The molecule has 0 bridgehead atoms. The molecule has 2 heterocycles. The number of anilines is 5. The normalized spacial score (nSPS) is 13.3. The number of carbonyl (C=O) groups is 1. The topological polar surface area (TPSA) is 140 Å². The van der Waals surface area contributed by atoms with Crippen LogP contribution in [-0.2, 0) is 15.7 Å². The molecule has 1 aliphatic rings. The second-order valence-electron chi connectivity index (χ2n) is 8.68. The molecule has 4 aromatic rings. The number of carbonyl (C=O) groups excluding carboxylic acids is 1. The lowest BCUT2D eigenvalue weighted by atomic mass is 9.98. The molecule has 196 valence electrons. The van der Waals surface area contributed by atoms with Crippen LogP contribution >= 0.6 is 0 Å². The van der Waals surface area contributed by atoms with Gasteiger partial charge in [0.15, 0.2) is 11.6 Å². The van der Waals surface area contributed by atoms with Crippen molar-refractivity contribution in [1.29, 1.82) is 0 Å². The molecule has 1 aromatic heterocycles.